The van der Waals surface area contributed by atoms with E-state index in [1.807, 2.05) is 6.92 Å². The van der Waals surface area contributed by atoms with Gasteiger partial charge >= 0.3 is 0 Å². The van der Waals surface area contributed by atoms with Crippen molar-refractivity contribution in [2.24, 2.45) is 0 Å². The highest BCUT2D eigenvalue weighted by Crippen LogP contribution is 2.21. The Balaban J connectivity index is 1.88. The second-order valence-electron chi connectivity index (χ2n) is 6.42. The van der Waals surface area contributed by atoms with Gasteiger partial charge in [0.2, 0.25) is 0 Å². The molecule has 0 fully saturated rings. The van der Waals surface area contributed by atoms with E-state index in [0.717, 1.165) is 11.1 Å². The Morgan fingerprint density at radius 1 is 1.10 bits per heavy atom. The molecule has 0 unspecified atom stereocenters. The number of nitrogens with zero attached hydrogens (tertiary/aromatic N) is 2. The number of benzene rings is 2. The maximum Gasteiger partial charge on any atom is 0.291 e. The normalized spacial score (nSPS) is 11.2. The second-order valence-corrected chi connectivity index (χ2v) is 8.89. The third-order valence-electron chi connectivity index (χ3n) is 4.22. The Labute approximate surface area is 188 Å². The summed E-state index contributed by atoms with van der Waals surface area (Å²) in [7, 11) is -4.00. The van der Waals surface area contributed by atoms with E-state index in [4.69, 9.17) is 23.2 Å². The molecule has 162 valence electrons. The zero-order valence-corrected chi connectivity index (χ0v) is 18.6. The van der Waals surface area contributed by atoms with Crippen molar-refractivity contribution in [1.29, 1.82) is 0 Å². The smallest absolute Gasteiger partial charge is 0.291 e. The average molecular weight is 481 g/mol. The SMILES string of the molecule is CCCNC(=O)c1ccccc1NS(=O)(=O)c1ccc(-n2ncc(Cl)c(Cl)c2=O)cc1. The van der Waals surface area contributed by atoms with Crippen LogP contribution in [0, 0.1) is 0 Å². The summed E-state index contributed by atoms with van der Waals surface area (Å²) in [5.74, 6) is -0.374. The molecule has 0 saturated carbocycles. The van der Waals surface area contributed by atoms with Crippen molar-refractivity contribution < 1.29 is 13.2 Å². The third kappa shape index (κ3) is 5.07. The molecule has 0 aliphatic heterocycles. The first kappa shape index (κ1) is 22.8. The van der Waals surface area contributed by atoms with Crippen LogP contribution >= 0.6 is 23.2 Å². The number of aromatic nitrogens is 2. The van der Waals surface area contributed by atoms with Gasteiger partial charge in [-0.05, 0) is 42.8 Å². The number of carbonyl (C=O) groups is 1. The molecule has 2 N–H and O–H groups in total. The molecule has 11 heteroatoms. The first-order chi connectivity index (χ1) is 14.7. The van der Waals surface area contributed by atoms with Gasteiger partial charge in [0.25, 0.3) is 21.5 Å². The Kier molecular flexibility index (Phi) is 6.99. The molecular weight excluding hydrogens is 463 g/mol. The van der Waals surface area contributed by atoms with Crippen molar-refractivity contribution in [3.63, 3.8) is 0 Å². The molecule has 3 aromatic rings. The molecule has 2 aromatic carbocycles. The van der Waals surface area contributed by atoms with E-state index in [1.54, 1.807) is 12.1 Å². The largest absolute Gasteiger partial charge is 0.352 e. The number of hydrogen-bond donors (Lipinski definition) is 2. The predicted octanol–water partition coefficient (Wildman–Crippen LogP) is 3.48. The molecule has 1 heterocycles. The summed E-state index contributed by atoms with van der Waals surface area (Å²) in [6.45, 7) is 2.39. The number of amides is 1. The summed E-state index contributed by atoms with van der Waals surface area (Å²) in [4.78, 5) is 24.5. The Morgan fingerprint density at radius 2 is 1.77 bits per heavy atom. The summed E-state index contributed by atoms with van der Waals surface area (Å²) < 4.78 is 29.1. The summed E-state index contributed by atoms with van der Waals surface area (Å²) in [6.07, 6.45) is 1.97. The Bertz CT molecular complexity index is 1280. The Hall–Kier alpha value is -2.88. The van der Waals surface area contributed by atoms with Crippen LogP contribution in [0.5, 0.6) is 0 Å². The fourth-order valence-electron chi connectivity index (χ4n) is 2.67. The van der Waals surface area contributed by atoms with Crippen LogP contribution in [-0.2, 0) is 10.0 Å². The van der Waals surface area contributed by atoms with Crippen molar-refractivity contribution in [2.45, 2.75) is 18.2 Å². The van der Waals surface area contributed by atoms with E-state index in [0.29, 0.717) is 12.2 Å². The maximum atomic E-state index is 12.8. The van der Waals surface area contributed by atoms with Gasteiger partial charge in [-0.25, -0.2) is 8.42 Å². The molecular formula is C20H18Cl2N4O4S. The van der Waals surface area contributed by atoms with E-state index in [-0.39, 0.29) is 32.1 Å². The molecule has 0 radical (unpaired) electrons. The molecule has 0 spiro atoms. The highest BCUT2D eigenvalue weighted by molar-refractivity contribution is 7.92. The summed E-state index contributed by atoms with van der Waals surface area (Å²) in [5, 5.41) is 6.46. The average Bonchev–Trinajstić information content (AvgIpc) is 2.76. The molecule has 31 heavy (non-hydrogen) atoms. The molecule has 0 bridgehead atoms. The van der Waals surface area contributed by atoms with Gasteiger partial charge in [0.05, 0.1) is 33.1 Å². The number of hydrogen-bond acceptors (Lipinski definition) is 5. The van der Waals surface area contributed by atoms with E-state index >= 15 is 0 Å². The second kappa shape index (κ2) is 9.51. The standard InChI is InChI=1S/C20H18Cl2N4O4S/c1-2-11-23-19(27)15-5-3-4-6-17(15)25-31(29,30)14-9-7-13(8-10-14)26-20(28)18(22)16(21)12-24-26/h3-10,12,25H,2,11H2,1H3,(H,23,27). The fourth-order valence-corrected chi connectivity index (χ4v) is 4.00. The molecule has 0 saturated heterocycles. The molecule has 0 aliphatic carbocycles. The quantitative estimate of drug-likeness (QED) is 0.537. The van der Waals surface area contributed by atoms with Crippen LogP contribution in [0.1, 0.15) is 23.7 Å². The first-order valence-electron chi connectivity index (χ1n) is 9.18. The number of carbonyl (C=O) groups excluding carboxylic acids is 1. The molecule has 0 aliphatic rings. The zero-order chi connectivity index (χ0) is 22.6. The first-order valence-corrected chi connectivity index (χ1v) is 11.4. The van der Waals surface area contributed by atoms with Crippen LogP contribution in [0.2, 0.25) is 10.0 Å². The van der Waals surface area contributed by atoms with Gasteiger partial charge < -0.3 is 5.32 Å². The lowest BCUT2D eigenvalue weighted by Crippen LogP contribution is -2.26. The van der Waals surface area contributed by atoms with Crippen LogP contribution < -0.4 is 15.6 Å². The van der Waals surface area contributed by atoms with Crippen LogP contribution in [-0.4, -0.2) is 30.7 Å². The Morgan fingerprint density at radius 3 is 2.45 bits per heavy atom. The highest BCUT2D eigenvalue weighted by atomic mass is 35.5. The molecule has 0 atom stereocenters. The third-order valence-corrected chi connectivity index (χ3v) is 6.35. The van der Waals surface area contributed by atoms with Gasteiger partial charge in [-0.2, -0.15) is 9.78 Å². The van der Waals surface area contributed by atoms with Crippen molar-refractivity contribution >= 4 is 44.8 Å². The predicted molar refractivity (Wildman–Crippen MR) is 120 cm³/mol. The van der Waals surface area contributed by atoms with Crippen LogP contribution in [0.3, 0.4) is 0 Å². The summed E-state index contributed by atoms with van der Waals surface area (Å²) in [6, 6.07) is 11.8. The molecule has 1 aromatic heterocycles. The van der Waals surface area contributed by atoms with Gasteiger partial charge in [-0.3, -0.25) is 14.3 Å². The lowest BCUT2D eigenvalue weighted by molar-refractivity contribution is 0.0954. The molecule has 8 nitrogen and oxygen atoms in total. The van der Waals surface area contributed by atoms with Gasteiger partial charge in [0.15, 0.2) is 0 Å². The van der Waals surface area contributed by atoms with Crippen molar-refractivity contribution in [3.8, 4) is 5.69 Å². The van der Waals surface area contributed by atoms with E-state index < -0.39 is 15.6 Å². The monoisotopic (exact) mass is 480 g/mol. The number of rotatable bonds is 7. The highest BCUT2D eigenvalue weighted by Gasteiger charge is 2.19. The molecule has 3 rings (SSSR count). The van der Waals surface area contributed by atoms with Gasteiger partial charge in [-0.15, -0.1) is 0 Å². The minimum Gasteiger partial charge on any atom is -0.352 e. The van der Waals surface area contributed by atoms with E-state index in [9.17, 15) is 18.0 Å². The minimum absolute atomic E-state index is 0.0213. The number of para-hydroxylation sites is 1. The van der Waals surface area contributed by atoms with Crippen LogP contribution in [0.15, 0.2) is 64.4 Å². The van der Waals surface area contributed by atoms with Gasteiger partial charge in [0, 0.05) is 6.54 Å². The topological polar surface area (TPSA) is 110 Å². The van der Waals surface area contributed by atoms with Crippen molar-refractivity contribution in [3.05, 3.63) is 80.7 Å². The number of sulfonamides is 1. The molecule has 1 amide bonds. The van der Waals surface area contributed by atoms with Crippen LogP contribution in [0.25, 0.3) is 5.69 Å². The van der Waals surface area contributed by atoms with Crippen molar-refractivity contribution in [1.82, 2.24) is 15.1 Å². The van der Waals surface area contributed by atoms with E-state index in [2.05, 4.69) is 15.1 Å². The van der Waals surface area contributed by atoms with Gasteiger partial charge in [-0.1, -0.05) is 42.3 Å². The summed E-state index contributed by atoms with van der Waals surface area (Å²) in [5.41, 5.74) is 0.0435. The maximum absolute atomic E-state index is 12.8. The minimum atomic E-state index is -4.00. The van der Waals surface area contributed by atoms with Gasteiger partial charge in [0.1, 0.15) is 5.02 Å². The fraction of sp³-hybridized carbons (Fsp3) is 0.150. The zero-order valence-electron chi connectivity index (χ0n) is 16.3. The number of nitrogens with one attached hydrogen (secondary N) is 2. The summed E-state index contributed by atoms with van der Waals surface area (Å²) >= 11 is 11.6. The number of anilines is 1. The van der Waals surface area contributed by atoms with Crippen LogP contribution in [0.4, 0.5) is 5.69 Å². The van der Waals surface area contributed by atoms with Crippen molar-refractivity contribution in [2.75, 3.05) is 11.3 Å². The lowest BCUT2D eigenvalue weighted by Gasteiger charge is -2.13. The number of halogens is 2. The lowest BCUT2D eigenvalue weighted by atomic mass is 10.1. The van der Waals surface area contributed by atoms with E-state index in [1.165, 1.54) is 42.6 Å².